The number of furan rings is 1. The molecule has 1 N–H and O–H groups in total. The second-order valence-corrected chi connectivity index (χ2v) is 7.69. The van der Waals surface area contributed by atoms with E-state index in [4.69, 9.17) is 4.42 Å². The van der Waals surface area contributed by atoms with Gasteiger partial charge >= 0.3 is 0 Å². The topological polar surface area (TPSA) is 74.0 Å². The van der Waals surface area contributed by atoms with E-state index in [1.54, 1.807) is 6.07 Å². The SMILES string of the molecule is CCN(CC)c1ccc(N2C(=O)C(O)=C(C(=O)c3ccco3)C2c2ccccc2C)cc1. The maximum absolute atomic E-state index is 13.3. The van der Waals surface area contributed by atoms with Gasteiger partial charge in [-0.2, -0.15) is 0 Å². The third-order valence-electron chi connectivity index (χ3n) is 5.94. The number of carbonyl (C=O) groups excluding carboxylic acids is 2. The highest BCUT2D eigenvalue weighted by Gasteiger charge is 2.45. The Bertz CT molecular complexity index is 1160. The molecule has 0 saturated heterocycles. The van der Waals surface area contributed by atoms with Crippen LogP contribution in [0.5, 0.6) is 0 Å². The Hall–Kier alpha value is -3.80. The molecule has 164 valence electrons. The van der Waals surface area contributed by atoms with Gasteiger partial charge in [-0.05, 0) is 68.3 Å². The van der Waals surface area contributed by atoms with Gasteiger partial charge in [0.15, 0.2) is 11.5 Å². The average Bonchev–Trinajstić information content (AvgIpc) is 3.43. The van der Waals surface area contributed by atoms with E-state index in [1.165, 1.54) is 17.2 Å². The molecule has 0 fully saturated rings. The first-order valence-corrected chi connectivity index (χ1v) is 10.7. The van der Waals surface area contributed by atoms with Crippen LogP contribution in [-0.4, -0.2) is 29.9 Å². The van der Waals surface area contributed by atoms with Crippen molar-refractivity contribution in [3.63, 3.8) is 0 Å². The summed E-state index contributed by atoms with van der Waals surface area (Å²) in [5.74, 6) is -1.58. The molecular formula is C26H26N2O4. The van der Waals surface area contributed by atoms with Crippen molar-refractivity contribution in [1.29, 1.82) is 0 Å². The van der Waals surface area contributed by atoms with Crippen LogP contribution in [0.3, 0.4) is 0 Å². The minimum Gasteiger partial charge on any atom is -0.503 e. The average molecular weight is 431 g/mol. The number of rotatable bonds is 7. The van der Waals surface area contributed by atoms with Crippen LogP contribution in [0.2, 0.25) is 0 Å². The van der Waals surface area contributed by atoms with Gasteiger partial charge in [0.2, 0.25) is 5.78 Å². The second kappa shape index (κ2) is 8.75. The first kappa shape index (κ1) is 21.4. The Morgan fingerprint density at radius 1 is 1.03 bits per heavy atom. The van der Waals surface area contributed by atoms with Crippen molar-refractivity contribution in [1.82, 2.24) is 0 Å². The van der Waals surface area contributed by atoms with E-state index in [9.17, 15) is 14.7 Å². The van der Waals surface area contributed by atoms with Crippen molar-refractivity contribution in [2.45, 2.75) is 26.8 Å². The number of hydrogen-bond donors (Lipinski definition) is 1. The molecule has 4 rings (SSSR count). The lowest BCUT2D eigenvalue weighted by atomic mass is 9.92. The van der Waals surface area contributed by atoms with Crippen molar-refractivity contribution < 1.29 is 19.1 Å². The summed E-state index contributed by atoms with van der Waals surface area (Å²) >= 11 is 0. The second-order valence-electron chi connectivity index (χ2n) is 7.69. The van der Waals surface area contributed by atoms with E-state index in [-0.39, 0.29) is 11.3 Å². The first-order chi connectivity index (χ1) is 15.5. The molecule has 1 aromatic heterocycles. The van der Waals surface area contributed by atoms with Crippen LogP contribution in [-0.2, 0) is 4.79 Å². The van der Waals surface area contributed by atoms with Crippen LogP contribution < -0.4 is 9.80 Å². The summed E-state index contributed by atoms with van der Waals surface area (Å²) in [6.07, 6.45) is 1.40. The Balaban J connectivity index is 1.83. The number of carbonyl (C=O) groups is 2. The fraction of sp³-hybridized carbons (Fsp3) is 0.231. The number of aliphatic hydroxyl groups is 1. The van der Waals surface area contributed by atoms with Crippen molar-refractivity contribution >= 4 is 23.1 Å². The van der Waals surface area contributed by atoms with Gasteiger partial charge < -0.3 is 14.4 Å². The number of ketones is 1. The molecule has 0 spiro atoms. The molecule has 2 heterocycles. The lowest BCUT2D eigenvalue weighted by Crippen LogP contribution is -2.31. The van der Waals surface area contributed by atoms with Gasteiger partial charge in [-0.25, -0.2) is 0 Å². The molecule has 2 aromatic carbocycles. The molecule has 1 amide bonds. The van der Waals surface area contributed by atoms with Gasteiger partial charge in [0.25, 0.3) is 5.91 Å². The third-order valence-corrected chi connectivity index (χ3v) is 5.94. The predicted octanol–water partition coefficient (Wildman–Crippen LogP) is 5.22. The highest BCUT2D eigenvalue weighted by molar-refractivity contribution is 6.20. The van der Waals surface area contributed by atoms with Gasteiger partial charge in [-0.15, -0.1) is 0 Å². The van der Waals surface area contributed by atoms with E-state index in [0.29, 0.717) is 5.69 Å². The summed E-state index contributed by atoms with van der Waals surface area (Å²) in [5.41, 5.74) is 3.35. The molecule has 6 nitrogen and oxygen atoms in total. The van der Waals surface area contributed by atoms with Crippen LogP contribution >= 0.6 is 0 Å². The molecule has 1 unspecified atom stereocenters. The fourth-order valence-electron chi connectivity index (χ4n) is 4.24. The van der Waals surface area contributed by atoms with Crippen LogP contribution in [0.4, 0.5) is 11.4 Å². The minimum absolute atomic E-state index is 0.0204. The Kier molecular flexibility index (Phi) is 5.86. The number of aryl methyl sites for hydroxylation is 1. The highest BCUT2D eigenvalue weighted by atomic mass is 16.3. The zero-order valence-electron chi connectivity index (χ0n) is 18.4. The molecular weight excluding hydrogens is 404 g/mol. The number of Topliss-reactive ketones (excluding diaryl/α,β-unsaturated/α-hetero) is 1. The van der Waals surface area contributed by atoms with Crippen molar-refractivity contribution in [2.75, 3.05) is 22.9 Å². The Morgan fingerprint density at radius 3 is 2.31 bits per heavy atom. The summed E-state index contributed by atoms with van der Waals surface area (Å²) in [6.45, 7) is 7.84. The zero-order chi connectivity index (χ0) is 22.8. The quantitative estimate of drug-likeness (QED) is 0.521. The smallest absolute Gasteiger partial charge is 0.294 e. The number of anilines is 2. The minimum atomic E-state index is -0.763. The van der Waals surface area contributed by atoms with Crippen LogP contribution in [0.25, 0.3) is 0 Å². The van der Waals surface area contributed by atoms with E-state index in [2.05, 4.69) is 18.7 Å². The standard InChI is InChI=1S/C26H26N2O4/c1-4-27(5-2)18-12-14-19(15-13-18)28-23(20-10-7-6-9-17(20)3)22(25(30)26(28)31)24(29)21-11-8-16-32-21/h6-16,23,30H,4-5H2,1-3H3. The van der Waals surface area contributed by atoms with Crippen molar-refractivity contribution in [3.8, 4) is 0 Å². The molecule has 1 atom stereocenters. The van der Waals surface area contributed by atoms with Crippen molar-refractivity contribution in [2.24, 2.45) is 0 Å². The number of aliphatic hydroxyl groups excluding tert-OH is 1. The molecule has 3 aromatic rings. The Morgan fingerprint density at radius 2 is 1.72 bits per heavy atom. The fourth-order valence-corrected chi connectivity index (χ4v) is 4.24. The lowest BCUT2D eigenvalue weighted by molar-refractivity contribution is -0.117. The van der Waals surface area contributed by atoms with Crippen LogP contribution in [0.15, 0.2) is 82.7 Å². The maximum Gasteiger partial charge on any atom is 0.294 e. The molecule has 6 heteroatoms. The number of hydrogen-bond acceptors (Lipinski definition) is 5. The van der Waals surface area contributed by atoms with E-state index >= 15 is 0 Å². The maximum atomic E-state index is 13.3. The highest BCUT2D eigenvalue weighted by Crippen LogP contribution is 2.43. The van der Waals surface area contributed by atoms with E-state index in [1.807, 2.05) is 55.5 Å². The largest absolute Gasteiger partial charge is 0.503 e. The van der Waals surface area contributed by atoms with Crippen molar-refractivity contribution in [3.05, 3.63) is 95.1 Å². The van der Waals surface area contributed by atoms with E-state index < -0.39 is 23.5 Å². The third kappa shape index (κ3) is 3.58. The normalized spacial score (nSPS) is 16.0. The molecule has 32 heavy (non-hydrogen) atoms. The van der Waals surface area contributed by atoms with Gasteiger partial charge in [-0.1, -0.05) is 24.3 Å². The first-order valence-electron chi connectivity index (χ1n) is 10.7. The predicted molar refractivity (Wildman–Crippen MR) is 124 cm³/mol. The summed E-state index contributed by atoms with van der Waals surface area (Å²) in [6, 6.07) is 17.5. The Labute approximate surface area is 187 Å². The van der Waals surface area contributed by atoms with Crippen LogP contribution in [0, 0.1) is 6.92 Å². The van der Waals surface area contributed by atoms with Gasteiger partial charge in [0, 0.05) is 24.5 Å². The zero-order valence-corrected chi connectivity index (χ0v) is 18.4. The van der Waals surface area contributed by atoms with Crippen LogP contribution in [0.1, 0.15) is 41.6 Å². The van der Waals surface area contributed by atoms with Gasteiger partial charge in [0.05, 0.1) is 17.9 Å². The molecule has 0 radical (unpaired) electrons. The summed E-state index contributed by atoms with van der Waals surface area (Å²) in [4.78, 5) is 30.2. The van der Waals surface area contributed by atoms with Gasteiger partial charge in [0.1, 0.15) is 0 Å². The summed E-state index contributed by atoms with van der Waals surface area (Å²) in [5, 5.41) is 10.8. The monoisotopic (exact) mass is 430 g/mol. The molecule has 1 aliphatic rings. The summed E-state index contributed by atoms with van der Waals surface area (Å²) < 4.78 is 5.28. The molecule has 0 saturated carbocycles. The number of nitrogens with zero attached hydrogens (tertiary/aromatic N) is 2. The lowest BCUT2D eigenvalue weighted by Gasteiger charge is -2.28. The van der Waals surface area contributed by atoms with E-state index in [0.717, 1.165) is 29.9 Å². The number of amides is 1. The number of benzene rings is 2. The molecule has 0 bridgehead atoms. The van der Waals surface area contributed by atoms with Gasteiger partial charge in [-0.3, -0.25) is 14.5 Å². The summed E-state index contributed by atoms with van der Waals surface area (Å²) in [7, 11) is 0. The molecule has 1 aliphatic heterocycles. The molecule has 0 aliphatic carbocycles.